The van der Waals surface area contributed by atoms with Crippen molar-refractivity contribution >= 4 is 17.7 Å². The summed E-state index contributed by atoms with van der Waals surface area (Å²) in [6.45, 7) is 10.4. The number of fused-ring (bicyclic) bond motifs is 2. The van der Waals surface area contributed by atoms with Gasteiger partial charge in [0.15, 0.2) is 0 Å². The number of likely N-dealkylation sites (tertiary alicyclic amines) is 1. The molecule has 7 heteroatoms. The number of amides is 3. The number of hydrogen-bond acceptors (Lipinski definition) is 5. The van der Waals surface area contributed by atoms with Gasteiger partial charge in [-0.2, -0.15) is 0 Å². The van der Waals surface area contributed by atoms with E-state index >= 15 is 0 Å². The Labute approximate surface area is 170 Å². The summed E-state index contributed by atoms with van der Waals surface area (Å²) in [5.41, 5.74) is 3.49. The Bertz CT molecular complexity index is 897. The predicted octanol–water partition coefficient (Wildman–Crippen LogP) is 0.879. The van der Waals surface area contributed by atoms with Crippen LogP contribution in [0.4, 0.5) is 0 Å². The van der Waals surface area contributed by atoms with E-state index in [9.17, 15) is 14.4 Å². The Kier molecular flexibility index (Phi) is 4.12. The summed E-state index contributed by atoms with van der Waals surface area (Å²) in [5.74, 6) is -0.727. The molecule has 3 fully saturated rings. The van der Waals surface area contributed by atoms with Crippen molar-refractivity contribution < 1.29 is 14.4 Å². The van der Waals surface area contributed by atoms with Crippen molar-refractivity contribution in [2.24, 2.45) is 10.8 Å². The lowest BCUT2D eigenvalue weighted by Gasteiger charge is -2.31. The highest BCUT2D eigenvalue weighted by molar-refractivity contribution is 6.05. The summed E-state index contributed by atoms with van der Waals surface area (Å²) in [5, 5.41) is 5.90. The van der Waals surface area contributed by atoms with Crippen molar-refractivity contribution in [2.75, 3.05) is 26.2 Å². The van der Waals surface area contributed by atoms with E-state index in [0.717, 1.165) is 38.3 Å². The number of hydrogen-bond donors (Lipinski definition) is 2. The maximum absolute atomic E-state index is 12.8. The first-order valence-electron chi connectivity index (χ1n) is 10.5. The number of carbonyl (C=O) groups is 3. The molecule has 1 unspecified atom stereocenters. The number of nitrogens with one attached hydrogen (secondary N) is 2. The van der Waals surface area contributed by atoms with E-state index < -0.39 is 6.04 Å². The van der Waals surface area contributed by atoms with Crippen molar-refractivity contribution in [2.45, 2.75) is 45.8 Å². The van der Waals surface area contributed by atoms with Crippen molar-refractivity contribution in [1.29, 1.82) is 0 Å². The monoisotopic (exact) mass is 396 g/mol. The molecule has 4 aliphatic heterocycles. The van der Waals surface area contributed by atoms with E-state index in [1.165, 1.54) is 5.56 Å². The van der Waals surface area contributed by atoms with Gasteiger partial charge >= 0.3 is 0 Å². The van der Waals surface area contributed by atoms with Crippen LogP contribution >= 0.6 is 0 Å². The third-order valence-electron chi connectivity index (χ3n) is 7.63. The Morgan fingerprint density at radius 3 is 2.52 bits per heavy atom. The van der Waals surface area contributed by atoms with Gasteiger partial charge in [-0.05, 0) is 23.6 Å². The van der Waals surface area contributed by atoms with Crippen LogP contribution in [0.25, 0.3) is 0 Å². The Morgan fingerprint density at radius 1 is 1.10 bits per heavy atom. The summed E-state index contributed by atoms with van der Waals surface area (Å²) in [4.78, 5) is 40.6. The van der Waals surface area contributed by atoms with Crippen LogP contribution in [0.15, 0.2) is 18.2 Å². The van der Waals surface area contributed by atoms with E-state index in [-0.39, 0.29) is 24.1 Å². The molecular weight excluding hydrogens is 368 g/mol. The predicted molar refractivity (Wildman–Crippen MR) is 107 cm³/mol. The molecule has 3 amide bonds. The highest BCUT2D eigenvalue weighted by Gasteiger charge is 2.54. The number of carbonyl (C=O) groups excluding carboxylic acids is 3. The number of benzene rings is 1. The highest BCUT2D eigenvalue weighted by atomic mass is 16.2. The molecule has 29 heavy (non-hydrogen) atoms. The fourth-order valence-corrected chi connectivity index (χ4v) is 5.67. The second kappa shape index (κ2) is 6.37. The van der Waals surface area contributed by atoms with Crippen LogP contribution in [0, 0.1) is 10.8 Å². The van der Waals surface area contributed by atoms with Gasteiger partial charge in [-0.1, -0.05) is 26.0 Å². The molecule has 4 heterocycles. The summed E-state index contributed by atoms with van der Waals surface area (Å²) < 4.78 is 0. The molecule has 7 nitrogen and oxygen atoms in total. The van der Waals surface area contributed by atoms with E-state index in [2.05, 4.69) is 35.4 Å². The van der Waals surface area contributed by atoms with Crippen molar-refractivity contribution in [3.63, 3.8) is 0 Å². The van der Waals surface area contributed by atoms with Crippen molar-refractivity contribution in [1.82, 2.24) is 20.4 Å². The summed E-state index contributed by atoms with van der Waals surface area (Å²) >= 11 is 0. The summed E-state index contributed by atoms with van der Waals surface area (Å²) in [6, 6.07) is 5.51. The molecule has 4 aliphatic rings. The quantitative estimate of drug-likeness (QED) is 0.742. The molecule has 5 rings (SSSR count). The van der Waals surface area contributed by atoms with Crippen molar-refractivity contribution in [3.05, 3.63) is 34.9 Å². The Balaban J connectivity index is 1.31. The molecular formula is C22H28N4O3. The number of imide groups is 1. The second-order valence-electron chi connectivity index (χ2n) is 9.76. The maximum Gasteiger partial charge on any atom is 0.255 e. The summed E-state index contributed by atoms with van der Waals surface area (Å²) in [7, 11) is 0. The Morgan fingerprint density at radius 2 is 1.83 bits per heavy atom. The van der Waals surface area contributed by atoms with Crippen LogP contribution < -0.4 is 10.6 Å². The fourth-order valence-electron chi connectivity index (χ4n) is 5.67. The van der Waals surface area contributed by atoms with Gasteiger partial charge in [-0.25, -0.2) is 0 Å². The molecule has 2 N–H and O–H groups in total. The molecule has 1 aromatic carbocycles. The first-order valence-corrected chi connectivity index (χ1v) is 10.5. The fraction of sp³-hybridized carbons (Fsp3) is 0.591. The van der Waals surface area contributed by atoms with E-state index in [1.807, 2.05) is 12.1 Å². The molecule has 154 valence electrons. The van der Waals surface area contributed by atoms with Crippen LogP contribution in [-0.4, -0.2) is 59.7 Å². The lowest BCUT2D eigenvalue weighted by molar-refractivity contribution is -0.136. The number of piperidine rings is 1. The van der Waals surface area contributed by atoms with Gasteiger partial charge in [0.25, 0.3) is 5.91 Å². The smallest absolute Gasteiger partial charge is 0.255 e. The SMILES string of the molecule is C[C@@]12CNC[C@]1(C)CN(Cc1ccc3c(c1)CN(C1CCC(=O)NC1=O)C3=O)C2. The van der Waals surface area contributed by atoms with E-state index in [0.29, 0.717) is 29.4 Å². The molecule has 0 spiro atoms. The van der Waals surface area contributed by atoms with Crippen LogP contribution in [-0.2, 0) is 22.7 Å². The third kappa shape index (κ3) is 2.90. The molecule has 3 saturated heterocycles. The van der Waals surface area contributed by atoms with E-state index in [1.54, 1.807) is 4.90 Å². The van der Waals surface area contributed by atoms with Crippen molar-refractivity contribution in [3.8, 4) is 0 Å². The van der Waals surface area contributed by atoms with Crippen LogP contribution in [0.1, 0.15) is 48.2 Å². The van der Waals surface area contributed by atoms with Gasteiger partial charge < -0.3 is 10.2 Å². The number of nitrogens with zero attached hydrogens (tertiary/aromatic N) is 2. The molecule has 0 saturated carbocycles. The zero-order valence-electron chi connectivity index (χ0n) is 17.1. The van der Waals surface area contributed by atoms with Gasteiger partial charge in [0, 0.05) is 62.1 Å². The molecule has 0 aromatic heterocycles. The normalized spacial score (nSPS) is 34.5. The second-order valence-corrected chi connectivity index (χ2v) is 9.76. The highest BCUT2D eigenvalue weighted by Crippen LogP contribution is 2.48. The van der Waals surface area contributed by atoms with Crippen LogP contribution in [0.2, 0.25) is 0 Å². The number of rotatable bonds is 3. The van der Waals surface area contributed by atoms with Gasteiger partial charge in [0.1, 0.15) is 6.04 Å². The summed E-state index contributed by atoms with van der Waals surface area (Å²) in [6.07, 6.45) is 0.680. The minimum atomic E-state index is -0.554. The van der Waals surface area contributed by atoms with Gasteiger partial charge in [-0.3, -0.25) is 24.6 Å². The first kappa shape index (κ1) is 18.8. The van der Waals surface area contributed by atoms with Gasteiger partial charge in [-0.15, -0.1) is 0 Å². The van der Waals surface area contributed by atoms with Gasteiger partial charge in [0.2, 0.25) is 11.8 Å². The molecule has 3 atom stereocenters. The largest absolute Gasteiger partial charge is 0.322 e. The zero-order valence-corrected chi connectivity index (χ0v) is 17.1. The topological polar surface area (TPSA) is 81.8 Å². The molecule has 1 aromatic rings. The average molecular weight is 396 g/mol. The minimum Gasteiger partial charge on any atom is -0.322 e. The third-order valence-corrected chi connectivity index (χ3v) is 7.63. The van der Waals surface area contributed by atoms with E-state index in [4.69, 9.17) is 0 Å². The average Bonchev–Trinajstić information content (AvgIpc) is 3.19. The maximum atomic E-state index is 12.8. The van der Waals surface area contributed by atoms with Crippen LogP contribution in [0.3, 0.4) is 0 Å². The lowest BCUT2D eigenvalue weighted by Crippen LogP contribution is -2.52. The van der Waals surface area contributed by atoms with Crippen LogP contribution in [0.5, 0.6) is 0 Å². The molecule has 0 aliphatic carbocycles. The zero-order chi connectivity index (χ0) is 20.4. The van der Waals surface area contributed by atoms with Gasteiger partial charge in [0.05, 0.1) is 0 Å². The molecule has 0 radical (unpaired) electrons. The first-order chi connectivity index (χ1) is 13.8. The standard InChI is InChI=1S/C22H28N4O3/c1-21-10-23-11-22(21,2)13-25(12-21)8-14-3-4-16-15(7-14)9-26(20(16)29)17-5-6-18(27)24-19(17)28/h3-4,7,17,23H,5-6,8-13H2,1-2H3,(H,24,27,28)/t17?,21-,22+. The minimum absolute atomic E-state index is 0.108. The molecule has 0 bridgehead atoms. The Hall–Kier alpha value is -2.25. The lowest BCUT2D eigenvalue weighted by atomic mass is 9.71.